The number of ether oxygens (including phenoxy) is 3. The molecule has 2 atom stereocenters. The first-order valence-corrected chi connectivity index (χ1v) is 10.1. The zero-order chi connectivity index (χ0) is 22.8. The Bertz CT molecular complexity index is 849. The van der Waals surface area contributed by atoms with Crippen molar-refractivity contribution in [1.82, 2.24) is 4.90 Å². The highest BCUT2D eigenvalue weighted by Gasteiger charge is 2.41. The number of benzene rings is 1. The van der Waals surface area contributed by atoms with Crippen LogP contribution in [0.25, 0.3) is 0 Å². The molecule has 10 heteroatoms. The molecule has 2 amide bonds. The predicted octanol–water partition coefficient (Wildman–Crippen LogP) is 0.732. The van der Waals surface area contributed by atoms with Gasteiger partial charge in [0.2, 0.25) is 0 Å². The maximum Gasteiger partial charge on any atom is 0.338 e. The van der Waals surface area contributed by atoms with Gasteiger partial charge in [0.25, 0.3) is 11.8 Å². The molecule has 1 aromatic rings. The van der Waals surface area contributed by atoms with Crippen LogP contribution in [0.5, 0.6) is 0 Å². The molecule has 1 N–H and O–H groups in total. The first kappa shape index (κ1) is 23.1. The van der Waals surface area contributed by atoms with Crippen molar-refractivity contribution in [2.45, 2.75) is 38.6 Å². The van der Waals surface area contributed by atoms with E-state index in [1.807, 2.05) is 0 Å². The molecule has 2 aliphatic rings. The number of carbonyl (C=O) groups is 3. The van der Waals surface area contributed by atoms with Crippen LogP contribution < -0.4 is 4.90 Å². The second-order valence-corrected chi connectivity index (χ2v) is 8.33. The fourth-order valence-electron chi connectivity index (χ4n) is 3.36. The van der Waals surface area contributed by atoms with E-state index in [2.05, 4.69) is 0 Å². The molecule has 0 bridgehead atoms. The molecule has 3 rings (SSSR count). The third-order valence-corrected chi connectivity index (χ3v) is 4.85. The molecule has 2 aliphatic heterocycles. The number of aliphatic hydroxyl groups is 1. The Kier molecular flexibility index (Phi) is 6.93. The number of halogens is 1. The number of nitrogens with zero attached hydrogens (tertiary/aromatic N) is 2. The first-order valence-electron chi connectivity index (χ1n) is 10.1. The van der Waals surface area contributed by atoms with Crippen molar-refractivity contribution in [2.75, 3.05) is 44.4 Å². The molecule has 2 heterocycles. The van der Waals surface area contributed by atoms with E-state index in [0.29, 0.717) is 26.3 Å². The Labute approximate surface area is 179 Å². The minimum Gasteiger partial charge on any atom is -0.458 e. The van der Waals surface area contributed by atoms with Crippen LogP contribution in [0.1, 0.15) is 31.1 Å². The highest BCUT2D eigenvalue weighted by atomic mass is 19.1. The number of morpholine rings is 2. The van der Waals surface area contributed by atoms with Gasteiger partial charge in [0.1, 0.15) is 11.4 Å². The van der Waals surface area contributed by atoms with Crippen molar-refractivity contribution in [2.24, 2.45) is 0 Å². The summed E-state index contributed by atoms with van der Waals surface area (Å²) in [5, 5.41) is 10.3. The van der Waals surface area contributed by atoms with Gasteiger partial charge >= 0.3 is 5.97 Å². The number of aliphatic hydroxyl groups excluding tert-OH is 1. The Morgan fingerprint density at radius 3 is 2.52 bits per heavy atom. The van der Waals surface area contributed by atoms with Crippen molar-refractivity contribution in [3.63, 3.8) is 0 Å². The summed E-state index contributed by atoms with van der Waals surface area (Å²) in [5.74, 6) is -2.85. The average molecular weight is 438 g/mol. The lowest BCUT2D eigenvalue weighted by atomic mass is 10.1. The van der Waals surface area contributed by atoms with E-state index in [-0.39, 0.29) is 24.4 Å². The quantitative estimate of drug-likeness (QED) is 0.691. The lowest BCUT2D eigenvalue weighted by Gasteiger charge is -2.35. The number of hydrogen-bond acceptors (Lipinski definition) is 7. The molecule has 9 nitrogen and oxygen atoms in total. The topological polar surface area (TPSA) is 106 Å². The second-order valence-electron chi connectivity index (χ2n) is 8.33. The number of hydrogen-bond donors (Lipinski definition) is 1. The molecule has 170 valence electrons. The second kappa shape index (κ2) is 9.29. The number of esters is 1. The van der Waals surface area contributed by atoms with E-state index in [9.17, 15) is 23.9 Å². The van der Waals surface area contributed by atoms with Gasteiger partial charge in [0.05, 0.1) is 25.4 Å². The smallest absolute Gasteiger partial charge is 0.338 e. The Morgan fingerprint density at radius 1 is 1.19 bits per heavy atom. The molecule has 0 aromatic heterocycles. The SMILES string of the molecule is CC(C)(C)OC(=O)C(O)C1OCCN(c2ccc(F)c(C(=O)N3CCOCC3)c2)C1=O. The van der Waals surface area contributed by atoms with Crippen molar-refractivity contribution < 1.29 is 38.1 Å². The van der Waals surface area contributed by atoms with Crippen LogP contribution >= 0.6 is 0 Å². The molecule has 2 fully saturated rings. The summed E-state index contributed by atoms with van der Waals surface area (Å²) in [6.07, 6.45) is -3.28. The monoisotopic (exact) mass is 438 g/mol. The lowest BCUT2D eigenvalue weighted by molar-refractivity contribution is -0.177. The molecular formula is C21H27FN2O7. The molecule has 2 unspecified atom stereocenters. The van der Waals surface area contributed by atoms with Gasteiger partial charge < -0.3 is 29.1 Å². The summed E-state index contributed by atoms with van der Waals surface area (Å²) in [7, 11) is 0. The highest BCUT2D eigenvalue weighted by Crippen LogP contribution is 2.25. The Balaban J connectivity index is 1.79. The van der Waals surface area contributed by atoms with Gasteiger partial charge in [-0.05, 0) is 39.0 Å². The van der Waals surface area contributed by atoms with E-state index in [4.69, 9.17) is 14.2 Å². The van der Waals surface area contributed by atoms with Crippen LogP contribution in [0, 0.1) is 5.82 Å². The molecule has 31 heavy (non-hydrogen) atoms. The predicted molar refractivity (Wildman–Crippen MR) is 107 cm³/mol. The third-order valence-electron chi connectivity index (χ3n) is 4.85. The fraction of sp³-hybridized carbons (Fsp3) is 0.571. The van der Waals surface area contributed by atoms with Crippen LogP contribution in [0.3, 0.4) is 0 Å². The minimum atomic E-state index is -1.82. The maximum atomic E-state index is 14.4. The van der Waals surface area contributed by atoms with Gasteiger partial charge in [0, 0.05) is 25.3 Å². The summed E-state index contributed by atoms with van der Waals surface area (Å²) in [5.41, 5.74) is -0.739. The summed E-state index contributed by atoms with van der Waals surface area (Å²) in [6.45, 7) is 6.52. The van der Waals surface area contributed by atoms with E-state index in [1.54, 1.807) is 20.8 Å². The largest absolute Gasteiger partial charge is 0.458 e. The Morgan fingerprint density at radius 2 is 1.87 bits per heavy atom. The molecule has 0 saturated carbocycles. The number of rotatable bonds is 4. The van der Waals surface area contributed by atoms with Gasteiger partial charge in [-0.2, -0.15) is 0 Å². The molecule has 0 radical (unpaired) electrons. The minimum absolute atomic E-state index is 0.0420. The fourth-order valence-corrected chi connectivity index (χ4v) is 3.36. The van der Waals surface area contributed by atoms with Crippen LogP contribution in [0.2, 0.25) is 0 Å². The van der Waals surface area contributed by atoms with Gasteiger partial charge in [0.15, 0.2) is 12.2 Å². The van der Waals surface area contributed by atoms with Crippen LogP contribution in [0.15, 0.2) is 18.2 Å². The molecule has 2 saturated heterocycles. The molecular weight excluding hydrogens is 411 g/mol. The lowest BCUT2D eigenvalue weighted by Crippen LogP contribution is -2.55. The highest BCUT2D eigenvalue weighted by molar-refractivity contribution is 6.02. The van der Waals surface area contributed by atoms with Crippen molar-refractivity contribution in [3.05, 3.63) is 29.6 Å². The summed E-state index contributed by atoms with van der Waals surface area (Å²) < 4.78 is 30.1. The van der Waals surface area contributed by atoms with Gasteiger partial charge in [-0.25, -0.2) is 9.18 Å². The number of amides is 2. The summed E-state index contributed by atoms with van der Waals surface area (Å²) in [4.78, 5) is 40.6. The van der Waals surface area contributed by atoms with E-state index >= 15 is 0 Å². The average Bonchev–Trinajstić information content (AvgIpc) is 2.73. The van der Waals surface area contributed by atoms with Crippen molar-refractivity contribution in [3.8, 4) is 0 Å². The van der Waals surface area contributed by atoms with Crippen LogP contribution in [-0.2, 0) is 23.8 Å². The number of anilines is 1. The molecule has 0 spiro atoms. The maximum absolute atomic E-state index is 14.4. The van der Waals surface area contributed by atoms with Crippen molar-refractivity contribution >= 4 is 23.5 Å². The first-order chi connectivity index (χ1) is 14.6. The van der Waals surface area contributed by atoms with E-state index in [0.717, 1.165) is 6.07 Å². The van der Waals surface area contributed by atoms with E-state index in [1.165, 1.54) is 21.9 Å². The van der Waals surface area contributed by atoms with Crippen LogP contribution in [0.4, 0.5) is 10.1 Å². The van der Waals surface area contributed by atoms with E-state index < -0.39 is 41.4 Å². The zero-order valence-corrected chi connectivity index (χ0v) is 17.8. The van der Waals surface area contributed by atoms with Gasteiger partial charge in [-0.15, -0.1) is 0 Å². The number of carbonyl (C=O) groups excluding carboxylic acids is 3. The summed E-state index contributed by atoms with van der Waals surface area (Å²) >= 11 is 0. The van der Waals surface area contributed by atoms with Gasteiger partial charge in [-0.3, -0.25) is 9.59 Å². The third kappa shape index (κ3) is 5.38. The van der Waals surface area contributed by atoms with Crippen molar-refractivity contribution in [1.29, 1.82) is 0 Å². The molecule has 1 aromatic carbocycles. The molecule has 0 aliphatic carbocycles. The summed E-state index contributed by atoms with van der Waals surface area (Å²) in [6, 6.07) is 3.78. The van der Waals surface area contributed by atoms with Gasteiger partial charge in [-0.1, -0.05) is 0 Å². The Hall–Kier alpha value is -2.56. The normalized spacial score (nSPS) is 21.1. The standard InChI is InChI=1S/C21H27FN2O7/c1-21(2,3)31-20(28)16(25)17-19(27)24(8-11-30-17)13-4-5-15(22)14(12-13)18(26)23-6-9-29-10-7-23/h4-5,12,16-17,25H,6-11H2,1-3H3. The zero-order valence-electron chi connectivity index (χ0n) is 17.8. The van der Waals surface area contributed by atoms with Crippen LogP contribution in [-0.4, -0.2) is 85.1 Å².